The number of fused-ring (bicyclic) bond motifs is 1. The molecule has 2 aromatic carbocycles. The Labute approximate surface area is 155 Å². The van der Waals surface area contributed by atoms with Gasteiger partial charge in [-0.1, -0.05) is 18.7 Å². The highest BCUT2D eigenvalue weighted by Gasteiger charge is 2.30. The molecule has 0 unspecified atom stereocenters. The first kappa shape index (κ1) is 20.1. The lowest BCUT2D eigenvalue weighted by Gasteiger charge is -2.10. The predicted molar refractivity (Wildman–Crippen MR) is 101 cm³/mol. The zero-order chi connectivity index (χ0) is 20.2. The summed E-state index contributed by atoms with van der Waals surface area (Å²) >= 11 is 0. The van der Waals surface area contributed by atoms with Gasteiger partial charge in [-0.2, -0.15) is 13.2 Å². The van der Waals surface area contributed by atoms with Crippen molar-refractivity contribution in [3.05, 3.63) is 83.2 Å². The van der Waals surface area contributed by atoms with E-state index in [2.05, 4.69) is 11.9 Å². The summed E-state index contributed by atoms with van der Waals surface area (Å²) in [5.41, 5.74) is 12.8. The van der Waals surface area contributed by atoms with E-state index < -0.39 is 11.7 Å². The van der Waals surface area contributed by atoms with Crippen molar-refractivity contribution in [1.29, 1.82) is 0 Å². The zero-order valence-corrected chi connectivity index (χ0v) is 14.7. The molecule has 4 nitrogen and oxygen atoms in total. The fourth-order valence-corrected chi connectivity index (χ4v) is 2.42. The largest absolute Gasteiger partial charge is 0.416 e. The standard InChI is InChI=1S/C20H20F3N3O/c1-3-18(25)12(2)8-17(24)11-26-19(27)15-5-4-14-10-16(20(21,22)23)7-6-13(14)9-15/h3-10H,1,11,24-25H2,2H3,(H,26,27)/b17-8-,18-12+. The third-order valence-corrected chi connectivity index (χ3v) is 3.96. The van der Waals surface area contributed by atoms with Crippen LogP contribution >= 0.6 is 0 Å². The Morgan fingerprint density at radius 1 is 1.15 bits per heavy atom. The summed E-state index contributed by atoms with van der Waals surface area (Å²) in [6.07, 6.45) is -1.27. The molecule has 0 heterocycles. The van der Waals surface area contributed by atoms with Crippen LogP contribution in [0.25, 0.3) is 10.8 Å². The average Bonchev–Trinajstić information content (AvgIpc) is 2.63. The molecule has 0 fully saturated rings. The molecule has 2 aromatic rings. The summed E-state index contributed by atoms with van der Waals surface area (Å²) in [7, 11) is 0. The molecule has 0 aliphatic carbocycles. The van der Waals surface area contributed by atoms with Gasteiger partial charge in [0.2, 0.25) is 0 Å². The monoisotopic (exact) mass is 375 g/mol. The molecule has 0 atom stereocenters. The van der Waals surface area contributed by atoms with Crippen LogP contribution in [0.3, 0.4) is 0 Å². The molecule has 5 N–H and O–H groups in total. The maximum atomic E-state index is 12.8. The van der Waals surface area contributed by atoms with E-state index in [1.807, 2.05) is 0 Å². The normalized spacial score (nSPS) is 13.3. The number of halogens is 3. The maximum Gasteiger partial charge on any atom is 0.416 e. The molecule has 0 aliphatic heterocycles. The highest BCUT2D eigenvalue weighted by Crippen LogP contribution is 2.31. The van der Waals surface area contributed by atoms with Crippen LogP contribution in [0.4, 0.5) is 13.2 Å². The van der Waals surface area contributed by atoms with Crippen molar-refractivity contribution in [2.45, 2.75) is 13.1 Å². The Kier molecular flexibility index (Phi) is 5.95. The molecule has 27 heavy (non-hydrogen) atoms. The molecule has 0 saturated carbocycles. The Bertz CT molecular complexity index is 943. The second-order valence-electron chi connectivity index (χ2n) is 6.02. The van der Waals surface area contributed by atoms with Gasteiger partial charge in [-0.3, -0.25) is 4.79 Å². The SMILES string of the molecule is C=C/C(N)=C(C)\C=C(/N)CNC(=O)c1ccc2cc(C(F)(F)F)ccc2c1. The van der Waals surface area contributed by atoms with Crippen LogP contribution in [-0.2, 0) is 6.18 Å². The first-order valence-corrected chi connectivity index (χ1v) is 8.06. The minimum Gasteiger partial charge on any atom is -0.401 e. The van der Waals surface area contributed by atoms with Gasteiger partial charge < -0.3 is 16.8 Å². The van der Waals surface area contributed by atoms with E-state index in [4.69, 9.17) is 11.5 Å². The van der Waals surface area contributed by atoms with Gasteiger partial charge in [0.05, 0.1) is 12.1 Å². The second kappa shape index (κ2) is 7.99. The third-order valence-electron chi connectivity index (χ3n) is 3.96. The number of benzene rings is 2. The van der Waals surface area contributed by atoms with Crippen LogP contribution < -0.4 is 16.8 Å². The summed E-state index contributed by atoms with van der Waals surface area (Å²) in [6.45, 7) is 5.43. The quantitative estimate of drug-likeness (QED) is 0.695. The van der Waals surface area contributed by atoms with E-state index in [1.165, 1.54) is 30.3 Å². The molecule has 0 bridgehead atoms. The summed E-state index contributed by atoms with van der Waals surface area (Å²) in [4.78, 5) is 12.3. The van der Waals surface area contributed by atoms with Gasteiger partial charge in [0.15, 0.2) is 0 Å². The zero-order valence-electron chi connectivity index (χ0n) is 14.7. The van der Waals surface area contributed by atoms with Crippen molar-refractivity contribution in [2.24, 2.45) is 11.5 Å². The predicted octanol–water partition coefficient (Wildman–Crippen LogP) is 3.85. The maximum absolute atomic E-state index is 12.8. The number of carbonyl (C=O) groups excluding carboxylic acids is 1. The molecule has 0 radical (unpaired) electrons. The van der Waals surface area contributed by atoms with Crippen molar-refractivity contribution in [1.82, 2.24) is 5.32 Å². The molecule has 0 spiro atoms. The molecular formula is C20H20F3N3O. The van der Waals surface area contributed by atoms with Crippen LogP contribution in [0, 0.1) is 0 Å². The molecule has 7 heteroatoms. The van der Waals surface area contributed by atoms with Gasteiger partial charge in [0.1, 0.15) is 0 Å². The number of allylic oxidation sites excluding steroid dienone is 3. The number of nitrogens with two attached hydrogens (primary N) is 2. The Morgan fingerprint density at radius 3 is 2.41 bits per heavy atom. The lowest BCUT2D eigenvalue weighted by molar-refractivity contribution is -0.137. The number of hydrogen-bond donors (Lipinski definition) is 3. The summed E-state index contributed by atoms with van der Waals surface area (Å²) < 4.78 is 38.3. The molecule has 1 amide bonds. The van der Waals surface area contributed by atoms with E-state index in [9.17, 15) is 18.0 Å². The van der Waals surface area contributed by atoms with E-state index in [0.717, 1.165) is 17.7 Å². The van der Waals surface area contributed by atoms with Gasteiger partial charge in [-0.25, -0.2) is 0 Å². The van der Waals surface area contributed by atoms with Crippen molar-refractivity contribution in [3.63, 3.8) is 0 Å². The van der Waals surface area contributed by atoms with E-state index >= 15 is 0 Å². The van der Waals surface area contributed by atoms with Crippen molar-refractivity contribution in [2.75, 3.05) is 6.54 Å². The van der Waals surface area contributed by atoms with E-state index in [-0.39, 0.29) is 12.5 Å². The van der Waals surface area contributed by atoms with Crippen LogP contribution in [-0.4, -0.2) is 12.5 Å². The Balaban J connectivity index is 2.14. The minimum atomic E-state index is -4.41. The van der Waals surface area contributed by atoms with Crippen molar-refractivity contribution < 1.29 is 18.0 Å². The van der Waals surface area contributed by atoms with Crippen molar-refractivity contribution >= 4 is 16.7 Å². The molecule has 2 rings (SSSR count). The summed E-state index contributed by atoms with van der Waals surface area (Å²) in [5, 5.41) is 3.60. The smallest absolute Gasteiger partial charge is 0.401 e. The van der Waals surface area contributed by atoms with Gasteiger partial charge in [-0.15, -0.1) is 0 Å². The number of nitrogens with one attached hydrogen (secondary N) is 1. The highest BCUT2D eigenvalue weighted by atomic mass is 19.4. The van der Waals surface area contributed by atoms with E-state index in [1.54, 1.807) is 13.0 Å². The topological polar surface area (TPSA) is 81.1 Å². The molecule has 142 valence electrons. The van der Waals surface area contributed by atoms with Gasteiger partial charge >= 0.3 is 6.18 Å². The van der Waals surface area contributed by atoms with Gasteiger partial charge in [-0.05, 0) is 59.7 Å². The fourth-order valence-electron chi connectivity index (χ4n) is 2.42. The lowest BCUT2D eigenvalue weighted by atomic mass is 10.0. The minimum absolute atomic E-state index is 0.103. The van der Waals surface area contributed by atoms with Crippen LogP contribution in [0.1, 0.15) is 22.8 Å². The third kappa shape index (κ3) is 5.13. The summed E-state index contributed by atoms with van der Waals surface area (Å²) in [6, 6.07) is 7.87. The van der Waals surface area contributed by atoms with Crippen LogP contribution in [0.15, 0.2) is 72.1 Å². The Hall–Kier alpha value is -3.22. The number of amides is 1. The highest BCUT2D eigenvalue weighted by molar-refractivity contribution is 5.98. The number of carbonyl (C=O) groups is 1. The van der Waals surface area contributed by atoms with Crippen LogP contribution in [0.5, 0.6) is 0 Å². The lowest BCUT2D eigenvalue weighted by Crippen LogP contribution is -2.28. The molecular weight excluding hydrogens is 355 g/mol. The number of rotatable bonds is 5. The fraction of sp³-hybridized carbons (Fsp3) is 0.150. The molecule has 0 aromatic heterocycles. The van der Waals surface area contributed by atoms with Gasteiger partial charge in [0, 0.05) is 17.0 Å². The molecule has 0 aliphatic rings. The molecule has 0 saturated heterocycles. The van der Waals surface area contributed by atoms with Crippen molar-refractivity contribution in [3.8, 4) is 0 Å². The number of alkyl halides is 3. The van der Waals surface area contributed by atoms with Crippen LogP contribution in [0.2, 0.25) is 0 Å². The van der Waals surface area contributed by atoms with Gasteiger partial charge in [0.25, 0.3) is 5.91 Å². The number of hydrogen-bond acceptors (Lipinski definition) is 3. The average molecular weight is 375 g/mol. The first-order valence-electron chi connectivity index (χ1n) is 8.06. The summed E-state index contributed by atoms with van der Waals surface area (Å²) in [5.74, 6) is -0.383. The first-order chi connectivity index (χ1) is 12.6. The van der Waals surface area contributed by atoms with E-state index in [0.29, 0.717) is 27.7 Å². The second-order valence-corrected chi connectivity index (χ2v) is 6.02. The Morgan fingerprint density at radius 2 is 1.78 bits per heavy atom.